The lowest BCUT2D eigenvalue weighted by Crippen LogP contribution is -2.25. The van der Waals surface area contributed by atoms with Gasteiger partial charge in [0.05, 0.1) is 6.42 Å². The van der Waals surface area contributed by atoms with E-state index in [1.165, 1.54) is 82.6 Å². The fourth-order valence-electron chi connectivity index (χ4n) is 5.69. The van der Waals surface area contributed by atoms with E-state index in [9.17, 15) is 13.2 Å². The number of benzene rings is 1. The summed E-state index contributed by atoms with van der Waals surface area (Å²) in [5.41, 5.74) is 1.62. The Kier molecular flexibility index (Phi) is 7.88. The van der Waals surface area contributed by atoms with Crippen LogP contribution in [0.3, 0.4) is 0 Å². The van der Waals surface area contributed by atoms with Crippen molar-refractivity contribution in [2.45, 2.75) is 102 Å². The molecule has 3 heteroatoms. The van der Waals surface area contributed by atoms with Crippen molar-refractivity contribution >= 4 is 0 Å². The minimum Gasteiger partial charge on any atom is -0.171 e. The lowest BCUT2D eigenvalue weighted by Gasteiger charge is -2.38. The Bertz CT molecular complexity index is 558. The summed E-state index contributed by atoms with van der Waals surface area (Å²) in [4.78, 5) is 0. The van der Waals surface area contributed by atoms with Crippen LogP contribution in [-0.2, 0) is 6.42 Å². The highest BCUT2D eigenvalue weighted by molar-refractivity contribution is 5.26. The first kappa shape index (κ1) is 21.7. The molecular formula is C25H37F3. The Morgan fingerprint density at radius 1 is 0.786 bits per heavy atom. The second kappa shape index (κ2) is 10.2. The zero-order valence-corrected chi connectivity index (χ0v) is 17.4. The third kappa shape index (κ3) is 6.52. The van der Waals surface area contributed by atoms with Crippen LogP contribution in [0.1, 0.15) is 101 Å². The van der Waals surface area contributed by atoms with Crippen molar-refractivity contribution in [1.82, 2.24) is 0 Å². The van der Waals surface area contributed by atoms with Crippen molar-refractivity contribution in [3.8, 4) is 0 Å². The molecule has 158 valence electrons. The second-order valence-electron chi connectivity index (χ2n) is 9.42. The molecule has 2 aliphatic carbocycles. The molecule has 3 rings (SSSR count). The van der Waals surface area contributed by atoms with Gasteiger partial charge in [0.15, 0.2) is 0 Å². The van der Waals surface area contributed by atoms with Crippen molar-refractivity contribution in [2.75, 3.05) is 0 Å². The quantitative estimate of drug-likeness (QED) is 0.407. The van der Waals surface area contributed by atoms with Gasteiger partial charge >= 0.3 is 6.18 Å². The fraction of sp³-hybridized carbons (Fsp3) is 0.760. The predicted molar refractivity (Wildman–Crippen MR) is 110 cm³/mol. The summed E-state index contributed by atoms with van der Waals surface area (Å²) in [6.07, 6.45) is 11.4. The zero-order chi connectivity index (χ0) is 20.0. The molecule has 0 N–H and O–H groups in total. The van der Waals surface area contributed by atoms with E-state index >= 15 is 0 Å². The molecule has 0 aromatic heterocycles. The maximum atomic E-state index is 12.5. The number of hydrogen-bond acceptors (Lipinski definition) is 0. The lowest BCUT2D eigenvalue weighted by atomic mass is 9.68. The maximum Gasteiger partial charge on any atom is 0.393 e. The smallest absolute Gasteiger partial charge is 0.171 e. The van der Waals surface area contributed by atoms with Gasteiger partial charge in [-0.25, -0.2) is 0 Å². The first-order valence-electron chi connectivity index (χ1n) is 11.6. The molecule has 0 radical (unpaired) electrons. The molecule has 0 amide bonds. The van der Waals surface area contributed by atoms with Crippen LogP contribution in [0.2, 0.25) is 0 Å². The zero-order valence-electron chi connectivity index (χ0n) is 17.4. The van der Waals surface area contributed by atoms with Crippen LogP contribution in [0, 0.1) is 17.8 Å². The lowest BCUT2D eigenvalue weighted by molar-refractivity contribution is -0.127. The fourth-order valence-corrected chi connectivity index (χ4v) is 5.69. The SMILES string of the molecule is CCCCCC1CCC(C2CCC(c3ccc(CC(F)(F)F)cc3)CC2)CC1. The van der Waals surface area contributed by atoms with Crippen LogP contribution in [0.4, 0.5) is 13.2 Å². The van der Waals surface area contributed by atoms with E-state index in [0.29, 0.717) is 11.5 Å². The topological polar surface area (TPSA) is 0 Å². The van der Waals surface area contributed by atoms with Crippen LogP contribution >= 0.6 is 0 Å². The van der Waals surface area contributed by atoms with E-state index < -0.39 is 12.6 Å². The van der Waals surface area contributed by atoms with Crippen LogP contribution in [0.5, 0.6) is 0 Å². The summed E-state index contributed by atoms with van der Waals surface area (Å²) in [5.74, 6) is 3.34. The minimum atomic E-state index is -4.12. The summed E-state index contributed by atoms with van der Waals surface area (Å²) in [7, 11) is 0. The van der Waals surface area contributed by atoms with E-state index in [4.69, 9.17) is 0 Å². The van der Waals surface area contributed by atoms with Crippen LogP contribution in [0.25, 0.3) is 0 Å². The summed E-state index contributed by atoms with van der Waals surface area (Å²) in [6, 6.07) is 7.23. The highest BCUT2D eigenvalue weighted by atomic mass is 19.4. The normalized spacial score (nSPS) is 29.0. The average Bonchev–Trinajstić information content (AvgIpc) is 2.68. The highest BCUT2D eigenvalue weighted by Crippen LogP contribution is 2.44. The molecule has 0 heterocycles. The van der Waals surface area contributed by atoms with Gasteiger partial charge in [0.1, 0.15) is 0 Å². The molecule has 1 aromatic rings. The molecule has 28 heavy (non-hydrogen) atoms. The molecule has 1 aromatic carbocycles. The molecular weight excluding hydrogens is 357 g/mol. The number of halogens is 3. The average molecular weight is 395 g/mol. The van der Waals surface area contributed by atoms with Gasteiger partial charge in [-0.15, -0.1) is 0 Å². The summed E-state index contributed by atoms with van der Waals surface area (Å²) in [6.45, 7) is 2.28. The van der Waals surface area contributed by atoms with E-state index in [-0.39, 0.29) is 0 Å². The Morgan fingerprint density at radius 3 is 1.89 bits per heavy atom. The van der Waals surface area contributed by atoms with E-state index in [2.05, 4.69) is 6.92 Å². The molecule has 2 fully saturated rings. The van der Waals surface area contributed by atoms with Gasteiger partial charge in [-0.2, -0.15) is 13.2 Å². The van der Waals surface area contributed by atoms with Gasteiger partial charge in [-0.05, 0) is 73.3 Å². The number of hydrogen-bond donors (Lipinski definition) is 0. The minimum absolute atomic E-state index is 0.376. The Labute approximate surface area is 169 Å². The number of rotatable bonds is 7. The van der Waals surface area contributed by atoms with Gasteiger partial charge in [0.25, 0.3) is 0 Å². The van der Waals surface area contributed by atoms with E-state index in [0.717, 1.165) is 17.8 Å². The molecule has 2 saturated carbocycles. The third-order valence-corrected chi connectivity index (χ3v) is 7.40. The standard InChI is InChI=1S/C25H37F3/c1-2-3-4-5-19-6-10-21(11-7-19)23-14-16-24(17-15-23)22-12-8-20(9-13-22)18-25(26,27)28/h8-9,12-13,19,21,23-24H,2-7,10-11,14-18H2,1H3. The molecule has 0 saturated heterocycles. The molecule has 0 spiro atoms. The number of alkyl halides is 3. The highest BCUT2D eigenvalue weighted by Gasteiger charge is 2.31. The van der Waals surface area contributed by atoms with Gasteiger partial charge in [-0.3, -0.25) is 0 Å². The molecule has 0 bridgehead atoms. The first-order chi connectivity index (χ1) is 13.4. The van der Waals surface area contributed by atoms with E-state index in [1.807, 2.05) is 12.1 Å². The molecule has 0 atom stereocenters. The van der Waals surface area contributed by atoms with Crippen molar-refractivity contribution in [3.05, 3.63) is 35.4 Å². The predicted octanol–water partition coefficient (Wildman–Crippen LogP) is 8.45. The molecule has 0 unspecified atom stereocenters. The van der Waals surface area contributed by atoms with Crippen LogP contribution < -0.4 is 0 Å². The summed E-state index contributed by atoms with van der Waals surface area (Å²) < 4.78 is 37.6. The van der Waals surface area contributed by atoms with Crippen LogP contribution in [0.15, 0.2) is 24.3 Å². The molecule has 0 aliphatic heterocycles. The van der Waals surface area contributed by atoms with Crippen LogP contribution in [-0.4, -0.2) is 6.18 Å². The van der Waals surface area contributed by atoms with Gasteiger partial charge in [0, 0.05) is 0 Å². The second-order valence-corrected chi connectivity index (χ2v) is 9.42. The third-order valence-electron chi connectivity index (χ3n) is 7.40. The van der Waals surface area contributed by atoms with Gasteiger partial charge in [0.2, 0.25) is 0 Å². The van der Waals surface area contributed by atoms with Crippen molar-refractivity contribution in [3.63, 3.8) is 0 Å². The van der Waals surface area contributed by atoms with Crippen molar-refractivity contribution in [1.29, 1.82) is 0 Å². The Morgan fingerprint density at radius 2 is 1.36 bits per heavy atom. The molecule has 2 aliphatic rings. The maximum absolute atomic E-state index is 12.5. The largest absolute Gasteiger partial charge is 0.393 e. The summed E-state index contributed by atoms with van der Waals surface area (Å²) >= 11 is 0. The molecule has 0 nitrogen and oxygen atoms in total. The van der Waals surface area contributed by atoms with E-state index in [1.54, 1.807) is 12.1 Å². The first-order valence-corrected chi connectivity index (χ1v) is 11.6. The summed E-state index contributed by atoms with van der Waals surface area (Å²) in [5, 5.41) is 0. The number of unbranched alkanes of at least 4 members (excludes halogenated alkanes) is 2. The van der Waals surface area contributed by atoms with Crippen molar-refractivity contribution < 1.29 is 13.2 Å². The van der Waals surface area contributed by atoms with Gasteiger partial charge in [-0.1, -0.05) is 69.7 Å². The Balaban J connectivity index is 1.41. The Hall–Kier alpha value is -0.990. The van der Waals surface area contributed by atoms with Crippen molar-refractivity contribution in [2.24, 2.45) is 17.8 Å². The monoisotopic (exact) mass is 394 g/mol. The van der Waals surface area contributed by atoms with Gasteiger partial charge < -0.3 is 0 Å².